The van der Waals surface area contributed by atoms with Crippen LogP contribution < -0.4 is 5.73 Å². The largest absolute Gasteiger partial charge is 0.396 e. The maximum Gasteiger partial charge on any atom is 0.239 e. The minimum Gasteiger partial charge on any atom is -0.396 e. The first-order valence-electron chi connectivity index (χ1n) is 5.91. The second-order valence-corrected chi connectivity index (χ2v) is 4.21. The van der Waals surface area contributed by atoms with E-state index < -0.39 is 0 Å². The zero-order valence-electron chi connectivity index (χ0n) is 9.32. The molecule has 0 bridgehead atoms. The molecule has 0 aliphatic carbocycles. The molecule has 1 saturated heterocycles. The minimum atomic E-state index is -0.366. The molecule has 1 rings (SSSR count). The Bertz CT molecular complexity index is 191. The van der Waals surface area contributed by atoms with Crippen molar-refractivity contribution in [3.05, 3.63) is 0 Å². The van der Waals surface area contributed by atoms with Gasteiger partial charge in [-0.2, -0.15) is 0 Å². The lowest BCUT2D eigenvalue weighted by molar-refractivity contribution is -0.133. The van der Waals surface area contributed by atoms with Gasteiger partial charge >= 0.3 is 0 Å². The molecule has 0 saturated carbocycles. The van der Waals surface area contributed by atoms with E-state index in [4.69, 9.17) is 10.8 Å². The van der Waals surface area contributed by atoms with Crippen LogP contribution in [0, 0.1) is 0 Å². The number of rotatable bonds is 5. The Morgan fingerprint density at radius 1 is 1.27 bits per heavy atom. The molecule has 0 aromatic rings. The molecule has 1 aliphatic heterocycles. The fourth-order valence-electron chi connectivity index (χ4n) is 1.95. The predicted octanol–water partition coefficient (Wildman–Crippen LogP) is 0.489. The Morgan fingerprint density at radius 3 is 2.53 bits per heavy atom. The number of hydrogen-bond donors (Lipinski definition) is 2. The summed E-state index contributed by atoms with van der Waals surface area (Å²) >= 11 is 0. The van der Waals surface area contributed by atoms with Crippen molar-refractivity contribution in [3.8, 4) is 0 Å². The molecule has 3 N–H and O–H groups in total. The molecule has 1 unspecified atom stereocenters. The first kappa shape index (κ1) is 12.5. The highest BCUT2D eigenvalue weighted by Crippen LogP contribution is 2.11. The van der Waals surface area contributed by atoms with E-state index in [9.17, 15) is 4.79 Å². The Kier molecular flexibility index (Phi) is 5.65. The molecule has 88 valence electrons. The van der Waals surface area contributed by atoms with Gasteiger partial charge in [0.15, 0.2) is 0 Å². The highest BCUT2D eigenvalue weighted by atomic mass is 16.2. The fourth-order valence-corrected chi connectivity index (χ4v) is 1.95. The SMILES string of the molecule is NC(CCCCO)C(=O)N1CCCCC1. The van der Waals surface area contributed by atoms with Crippen LogP contribution in [-0.4, -0.2) is 41.7 Å². The molecule has 1 fully saturated rings. The number of aliphatic hydroxyl groups excluding tert-OH is 1. The van der Waals surface area contributed by atoms with E-state index in [0.29, 0.717) is 6.42 Å². The van der Waals surface area contributed by atoms with Gasteiger partial charge in [0.25, 0.3) is 0 Å². The van der Waals surface area contributed by atoms with Crippen molar-refractivity contribution < 1.29 is 9.90 Å². The number of amides is 1. The lowest BCUT2D eigenvalue weighted by Gasteiger charge is -2.29. The normalized spacial score (nSPS) is 18.9. The van der Waals surface area contributed by atoms with Crippen LogP contribution in [0.15, 0.2) is 0 Å². The van der Waals surface area contributed by atoms with Gasteiger partial charge in [-0.05, 0) is 38.5 Å². The number of hydrogen-bond acceptors (Lipinski definition) is 3. The van der Waals surface area contributed by atoms with Gasteiger partial charge in [-0.15, -0.1) is 0 Å². The molecule has 1 atom stereocenters. The van der Waals surface area contributed by atoms with Crippen LogP contribution in [-0.2, 0) is 4.79 Å². The second-order valence-electron chi connectivity index (χ2n) is 4.21. The maximum atomic E-state index is 11.8. The third kappa shape index (κ3) is 4.18. The summed E-state index contributed by atoms with van der Waals surface area (Å²) in [6, 6.07) is -0.366. The number of likely N-dealkylation sites (tertiary alicyclic amines) is 1. The molecule has 1 amide bonds. The zero-order valence-corrected chi connectivity index (χ0v) is 9.32. The maximum absolute atomic E-state index is 11.8. The number of carbonyl (C=O) groups is 1. The van der Waals surface area contributed by atoms with Crippen molar-refractivity contribution in [2.45, 2.75) is 44.6 Å². The summed E-state index contributed by atoms with van der Waals surface area (Å²) in [6.07, 6.45) is 5.70. The summed E-state index contributed by atoms with van der Waals surface area (Å²) in [7, 11) is 0. The molecular formula is C11H22N2O2. The molecule has 0 aromatic heterocycles. The first-order chi connectivity index (χ1) is 7.25. The van der Waals surface area contributed by atoms with Gasteiger partial charge in [0, 0.05) is 19.7 Å². The summed E-state index contributed by atoms with van der Waals surface area (Å²) in [5.74, 6) is 0.0904. The molecule has 1 aliphatic rings. The number of piperidine rings is 1. The van der Waals surface area contributed by atoms with Crippen molar-refractivity contribution in [1.29, 1.82) is 0 Å². The summed E-state index contributed by atoms with van der Waals surface area (Å²) in [5, 5.41) is 8.63. The minimum absolute atomic E-state index is 0.0904. The van der Waals surface area contributed by atoms with Crippen molar-refractivity contribution in [3.63, 3.8) is 0 Å². The number of unbranched alkanes of at least 4 members (excludes halogenated alkanes) is 1. The Morgan fingerprint density at radius 2 is 1.93 bits per heavy atom. The number of nitrogens with zero attached hydrogens (tertiary/aromatic N) is 1. The van der Waals surface area contributed by atoms with Gasteiger partial charge in [-0.1, -0.05) is 0 Å². The van der Waals surface area contributed by atoms with E-state index in [1.807, 2.05) is 4.90 Å². The monoisotopic (exact) mass is 214 g/mol. The van der Waals surface area contributed by atoms with E-state index in [2.05, 4.69) is 0 Å². The Hall–Kier alpha value is -0.610. The number of aliphatic hydroxyl groups is 1. The van der Waals surface area contributed by atoms with E-state index >= 15 is 0 Å². The van der Waals surface area contributed by atoms with Crippen molar-refractivity contribution in [2.24, 2.45) is 5.73 Å². The molecule has 15 heavy (non-hydrogen) atoms. The summed E-state index contributed by atoms with van der Waals surface area (Å²) in [5.41, 5.74) is 5.82. The third-order valence-corrected chi connectivity index (χ3v) is 2.91. The average molecular weight is 214 g/mol. The molecule has 4 heteroatoms. The van der Waals surface area contributed by atoms with E-state index in [1.54, 1.807) is 0 Å². The smallest absolute Gasteiger partial charge is 0.239 e. The molecule has 0 radical (unpaired) electrons. The van der Waals surface area contributed by atoms with Gasteiger partial charge in [-0.25, -0.2) is 0 Å². The molecule has 0 spiro atoms. The highest BCUT2D eigenvalue weighted by Gasteiger charge is 2.21. The van der Waals surface area contributed by atoms with Crippen molar-refractivity contribution >= 4 is 5.91 Å². The summed E-state index contributed by atoms with van der Waals surface area (Å²) in [6.45, 7) is 1.92. The van der Waals surface area contributed by atoms with Crippen LogP contribution in [0.1, 0.15) is 38.5 Å². The zero-order chi connectivity index (χ0) is 11.1. The van der Waals surface area contributed by atoms with Crippen molar-refractivity contribution in [2.75, 3.05) is 19.7 Å². The van der Waals surface area contributed by atoms with Crippen molar-refractivity contribution in [1.82, 2.24) is 4.90 Å². The van der Waals surface area contributed by atoms with Gasteiger partial charge in [0.05, 0.1) is 6.04 Å². The lowest BCUT2D eigenvalue weighted by Crippen LogP contribution is -2.45. The van der Waals surface area contributed by atoms with E-state index in [1.165, 1.54) is 6.42 Å². The average Bonchev–Trinajstić information content (AvgIpc) is 2.29. The van der Waals surface area contributed by atoms with Crippen LogP contribution in [0.2, 0.25) is 0 Å². The molecule has 4 nitrogen and oxygen atoms in total. The molecule has 1 heterocycles. The number of carbonyl (C=O) groups excluding carboxylic acids is 1. The first-order valence-corrected chi connectivity index (χ1v) is 5.91. The fraction of sp³-hybridized carbons (Fsp3) is 0.909. The predicted molar refractivity (Wildman–Crippen MR) is 59.3 cm³/mol. The van der Waals surface area contributed by atoms with Gasteiger partial charge in [-0.3, -0.25) is 4.79 Å². The van der Waals surface area contributed by atoms with Gasteiger partial charge < -0.3 is 15.7 Å². The van der Waals surface area contributed by atoms with Crippen LogP contribution in [0.5, 0.6) is 0 Å². The van der Waals surface area contributed by atoms with Gasteiger partial charge in [0.1, 0.15) is 0 Å². The Balaban J connectivity index is 2.24. The highest BCUT2D eigenvalue weighted by molar-refractivity contribution is 5.81. The van der Waals surface area contributed by atoms with Crippen LogP contribution >= 0.6 is 0 Å². The number of nitrogens with two attached hydrogens (primary N) is 1. The summed E-state index contributed by atoms with van der Waals surface area (Å²) < 4.78 is 0. The molecular weight excluding hydrogens is 192 g/mol. The van der Waals surface area contributed by atoms with Crippen LogP contribution in [0.3, 0.4) is 0 Å². The Labute approximate surface area is 91.4 Å². The quantitative estimate of drug-likeness (QED) is 0.654. The second kappa shape index (κ2) is 6.80. The van der Waals surface area contributed by atoms with E-state index in [0.717, 1.165) is 38.8 Å². The van der Waals surface area contributed by atoms with Crippen LogP contribution in [0.25, 0.3) is 0 Å². The van der Waals surface area contributed by atoms with Crippen LogP contribution in [0.4, 0.5) is 0 Å². The van der Waals surface area contributed by atoms with E-state index in [-0.39, 0.29) is 18.6 Å². The topological polar surface area (TPSA) is 66.6 Å². The third-order valence-electron chi connectivity index (χ3n) is 2.91. The molecule has 0 aromatic carbocycles. The van der Waals surface area contributed by atoms with Gasteiger partial charge in [0.2, 0.25) is 5.91 Å². The lowest BCUT2D eigenvalue weighted by atomic mass is 10.1. The standard InChI is InChI=1S/C11H22N2O2/c12-10(6-2-5-9-14)11(15)13-7-3-1-4-8-13/h10,14H,1-9,12H2. The summed E-state index contributed by atoms with van der Waals surface area (Å²) in [4.78, 5) is 13.7.